The molecule has 0 aliphatic carbocycles. The maximum atomic E-state index is 10.4. The Kier molecular flexibility index (Phi) is 5.45. The molecule has 3 rings (SSSR count). The zero-order valence-corrected chi connectivity index (χ0v) is 13.2. The summed E-state index contributed by atoms with van der Waals surface area (Å²) in [5.41, 5.74) is 0. The molecule has 10 heteroatoms. The summed E-state index contributed by atoms with van der Waals surface area (Å²) in [5, 5.41) is 16.1. The number of hydrogen-bond acceptors (Lipinski definition) is 5. The van der Waals surface area contributed by atoms with Crippen LogP contribution in [0.25, 0.3) is 0 Å². The Bertz CT molecular complexity index is 530. The van der Waals surface area contributed by atoms with E-state index >= 15 is 0 Å². The van der Waals surface area contributed by atoms with E-state index in [0.717, 1.165) is 24.6 Å². The van der Waals surface area contributed by atoms with Crippen molar-refractivity contribution in [1.29, 1.82) is 0 Å². The van der Waals surface area contributed by atoms with Crippen LogP contribution in [-0.2, 0) is 11.3 Å². The quantitative estimate of drug-likeness (QED) is 0.511. The van der Waals surface area contributed by atoms with Crippen molar-refractivity contribution >= 4 is 28.9 Å². The van der Waals surface area contributed by atoms with Crippen LogP contribution in [-0.4, -0.2) is 53.8 Å². The lowest BCUT2D eigenvalue weighted by atomic mass is 10.4. The van der Waals surface area contributed by atoms with E-state index in [1.807, 2.05) is 7.05 Å². The fourth-order valence-corrected chi connectivity index (χ4v) is 3.05. The number of hydrazone groups is 1. The molecule has 0 radical (unpaired) electrons. The summed E-state index contributed by atoms with van der Waals surface area (Å²) in [4.78, 5) is 15.4. The molecule has 0 saturated carbocycles. The smallest absolute Gasteiger partial charge is 0.368 e. The van der Waals surface area contributed by atoms with E-state index in [4.69, 9.17) is 16.3 Å². The van der Waals surface area contributed by atoms with Gasteiger partial charge in [0, 0.05) is 19.4 Å². The number of quaternary nitrogens is 1. The molecule has 0 aromatic carbocycles. The van der Waals surface area contributed by atoms with Crippen molar-refractivity contribution in [3.8, 4) is 0 Å². The Morgan fingerprint density at radius 3 is 2.81 bits per heavy atom. The maximum Gasteiger partial charge on any atom is 0.368 e. The van der Waals surface area contributed by atoms with Crippen LogP contribution in [0.2, 0.25) is 4.47 Å². The molecule has 1 aromatic heterocycles. The average Bonchev–Trinajstić information content (AvgIpc) is 2.84. The van der Waals surface area contributed by atoms with Crippen molar-refractivity contribution in [2.75, 3.05) is 33.4 Å². The third-order valence-corrected chi connectivity index (χ3v) is 4.28. The Morgan fingerprint density at radius 2 is 2.33 bits per heavy atom. The number of nitrogens with one attached hydrogen (secondary N) is 1. The van der Waals surface area contributed by atoms with Crippen molar-refractivity contribution in [1.82, 2.24) is 10.3 Å². The number of ether oxygens (including phenoxy) is 1. The molecule has 2 aliphatic heterocycles. The van der Waals surface area contributed by atoms with Gasteiger partial charge in [0.05, 0.1) is 18.5 Å². The van der Waals surface area contributed by atoms with Gasteiger partial charge in [-0.25, -0.2) is 15.1 Å². The highest BCUT2D eigenvalue weighted by atomic mass is 35.5. The molecule has 1 atom stereocenters. The van der Waals surface area contributed by atoms with Gasteiger partial charge >= 0.3 is 5.96 Å². The number of aromatic nitrogens is 1. The predicted molar refractivity (Wildman–Crippen MR) is 79.7 cm³/mol. The summed E-state index contributed by atoms with van der Waals surface area (Å²) in [7, 11) is 1.90. The first kappa shape index (κ1) is 16.1. The molecule has 8 nitrogen and oxygen atoms in total. The SMILES string of the molecule is C1COC1.C[N+]1(Cc2cnc(Cl)s2)CCN/C1=N/[N+](=O)[O-]. The largest absolute Gasteiger partial charge is 0.381 e. The summed E-state index contributed by atoms with van der Waals surface area (Å²) in [6, 6.07) is 0. The highest BCUT2D eigenvalue weighted by molar-refractivity contribution is 7.15. The lowest BCUT2D eigenvalue weighted by molar-refractivity contribution is -0.829. The van der Waals surface area contributed by atoms with E-state index in [1.165, 1.54) is 17.8 Å². The van der Waals surface area contributed by atoms with Gasteiger partial charge in [-0.15, -0.1) is 11.3 Å². The third-order valence-electron chi connectivity index (χ3n) is 3.18. The zero-order chi connectivity index (χ0) is 15.3. The average molecular weight is 335 g/mol. The highest BCUT2D eigenvalue weighted by Crippen LogP contribution is 2.23. The number of guanidine groups is 1. The molecule has 0 bridgehead atoms. The van der Waals surface area contributed by atoms with Crippen molar-refractivity contribution in [3.05, 3.63) is 25.7 Å². The summed E-state index contributed by atoms with van der Waals surface area (Å²) >= 11 is 7.14. The number of rotatable bonds is 3. The van der Waals surface area contributed by atoms with Gasteiger partial charge in [0.15, 0.2) is 9.50 Å². The van der Waals surface area contributed by atoms with Gasteiger partial charge < -0.3 is 10.1 Å². The van der Waals surface area contributed by atoms with Crippen LogP contribution < -0.4 is 5.32 Å². The number of likely N-dealkylation sites (N-methyl/N-ethyl adjacent to an activating group) is 1. The Balaban J connectivity index is 0.000000347. The van der Waals surface area contributed by atoms with Crippen molar-refractivity contribution < 1.29 is 14.3 Å². The molecular weight excluding hydrogens is 318 g/mol. The van der Waals surface area contributed by atoms with E-state index in [-0.39, 0.29) is 0 Å². The molecule has 116 valence electrons. The summed E-state index contributed by atoms with van der Waals surface area (Å²) < 4.78 is 5.57. The van der Waals surface area contributed by atoms with E-state index in [1.54, 1.807) is 6.20 Å². The molecule has 1 N–H and O–H groups in total. The standard InChI is InChI=1S/C8H11ClN5O2S.C3H6O/c1-14(5-6-4-11-7(9)17-6)3-2-10-8(14)12-13(15)16;1-2-4-3-1/h4H,2-3,5H2,1H3,(H,10,12);1-3H2/q+1;. The van der Waals surface area contributed by atoms with Gasteiger partial charge in [0.1, 0.15) is 18.2 Å². The fraction of sp³-hybridized carbons (Fsp3) is 0.636. The molecule has 0 amide bonds. The lowest BCUT2D eigenvalue weighted by Gasteiger charge is -2.24. The lowest BCUT2D eigenvalue weighted by Crippen LogP contribution is -2.47. The van der Waals surface area contributed by atoms with Crippen LogP contribution in [0.15, 0.2) is 11.3 Å². The monoisotopic (exact) mass is 334 g/mol. The van der Waals surface area contributed by atoms with Crippen LogP contribution >= 0.6 is 22.9 Å². The molecule has 1 aromatic rings. The van der Waals surface area contributed by atoms with E-state index < -0.39 is 5.03 Å². The molecule has 0 spiro atoms. The maximum absolute atomic E-state index is 10.4. The van der Waals surface area contributed by atoms with Crippen LogP contribution in [0.1, 0.15) is 11.3 Å². The van der Waals surface area contributed by atoms with Crippen molar-refractivity contribution in [2.45, 2.75) is 13.0 Å². The number of halogens is 1. The summed E-state index contributed by atoms with van der Waals surface area (Å²) in [5.74, 6) is 0.375. The molecule has 21 heavy (non-hydrogen) atoms. The molecule has 1 unspecified atom stereocenters. The van der Waals surface area contributed by atoms with Crippen molar-refractivity contribution in [2.24, 2.45) is 5.10 Å². The van der Waals surface area contributed by atoms with Gasteiger partial charge in [0.2, 0.25) is 0 Å². The van der Waals surface area contributed by atoms with Gasteiger partial charge in [-0.2, -0.15) is 0 Å². The first-order chi connectivity index (χ1) is 9.99. The van der Waals surface area contributed by atoms with Crippen LogP contribution in [0.4, 0.5) is 0 Å². The minimum Gasteiger partial charge on any atom is -0.381 e. The molecule has 3 heterocycles. The van der Waals surface area contributed by atoms with Gasteiger partial charge in [-0.05, 0) is 6.42 Å². The number of nitrogens with zero attached hydrogens (tertiary/aromatic N) is 4. The number of nitro groups is 1. The van der Waals surface area contributed by atoms with Crippen LogP contribution in [0.3, 0.4) is 0 Å². The normalized spacial score (nSPS) is 25.7. The molecule has 2 fully saturated rings. The van der Waals surface area contributed by atoms with Crippen LogP contribution in [0, 0.1) is 10.1 Å². The summed E-state index contributed by atoms with van der Waals surface area (Å²) in [6.07, 6.45) is 2.97. The fourth-order valence-electron chi connectivity index (χ4n) is 1.93. The second kappa shape index (κ2) is 7.12. The minimum atomic E-state index is -0.677. The summed E-state index contributed by atoms with van der Waals surface area (Å²) in [6.45, 7) is 4.03. The number of hydrogen-bond donors (Lipinski definition) is 1. The van der Waals surface area contributed by atoms with E-state index in [9.17, 15) is 10.1 Å². The Hall–Kier alpha value is -1.29. The molecule has 2 aliphatic rings. The third kappa shape index (κ3) is 4.60. The molecular formula is C11H17ClN5O3S+. The van der Waals surface area contributed by atoms with E-state index in [2.05, 4.69) is 15.4 Å². The zero-order valence-electron chi connectivity index (χ0n) is 11.6. The topological polar surface area (TPSA) is 89.7 Å². The van der Waals surface area contributed by atoms with Gasteiger partial charge in [-0.1, -0.05) is 11.6 Å². The first-order valence-corrected chi connectivity index (χ1v) is 7.69. The first-order valence-electron chi connectivity index (χ1n) is 6.49. The minimum absolute atomic E-state index is 0.375. The van der Waals surface area contributed by atoms with Gasteiger partial charge in [0.25, 0.3) is 0 Å². The van der Waals surface area contributed by atoms with E-state index in [0.29, 0.717) is 28.0 Å². The Morgan fingerprint density at radius 1 is 1.67 bits per heavy atom. The second-order valence-electron chi connectivity index (χ2n) is 4.91. The second-order valence-corrected chi connectivity index (χ2v) is 6.61. The van der Waals surface area contributed by atoms with Gasteiger partial charge in [-0.3, -0.25) is 4.48 Å². The predicted octanol–water partition coefficient (Wildman–Crippen LogP) is 1.30. The van der Waals surface area contributed by atoms with Crippen molar-refractivity contribution in [3.63, 3.8) is 0 Å². The highest BCUT2D eigenvalue weighted by Gasteiger charge is 2.38. The molecule has 2 saturated heterocycles. The van der Waals surface area contributed by atoms with Crippen LogP contribution in [0.5, 0.6) is 0 Å². The Labute approximate surface area is 131 Å². The number of thiazole rings is 1.